The molecule has 0 unspecified atom stereocenters. The molecule has 2 aromatic rings. The molecule has 0 aliphatic carbocycles. The van der Waals surface area contributed by atoms with E-state index in [1.54, 1.807) is 24.0 Å². The highest BCUT2D eigenvalue weighted by Gasteiger charge is 2.28. The average molecular weight is 373 g/mol. The first-order chi connectivity index (χ1) is 12.9. The molecule has 0 saturated carbocycles. The van der Waals surface area contributed by atoms with Crippen LogP contribution in [0.25, 0.3) is 0 Å². The van der Waals surface area contributed by atoms with Crippen LogP contribution >= 0.6 is 0 Å². The number of nitro benzene ring substituents is 1. The molecule has 0 spiro atoms. The van der Waals surface area contributed by atoms with Gasteiger partial charge in [-0.05, 0) is 13.0 Å². The first-order valence-corrected chi connectivity index (χ1v) is 8.44. The van der Waals surface area contributed by atoms with Gasteiger partial charge in [-0.2, -0.15) is 0 Å². The van der Waals surface area contributed by atoms with Gasteiger partial charge in [0.05, 0.1) is 16.7 Å². The molecular weight excluding hydrogens is 354 g/mol. The molecule has 27 heavy (non-hydrogen) atoms. The van der Waals surface area contributed by atoms with E-state index in [-0.39, 0.29) is 23.8 Å². The highest BCUT2D eigenvalue weighted by molar-refractivity contribution is 5.97. The van der Waals surface area contributed by atoms with Crippen molar-refractivity contribution in [1.29, 1.82) is 0 Å². The lowest BCUT2D eigenvalue weighted by molar-refractivity contribution is -0.384. The van der Waals surface area contributed by atoms with Crippen molar-refractivity contribution in [2.75, 3.05) is 31.1 Å². The molecule has 1 N–H and O–H groups in total. The van der Waals surface area contributed by atoms with Crippen LogP contribution in [0.1, 0.15) is 21.7 Å². The molecule has 0 atom stereocenters. The number of benzene rings is 1. The standard InChI is InChI=1S/C18H19N3O6/c1-12-11-27-15(10-16(22)23)17(12)18(24)20-7-5-19(6-8-20)13-3-2-4-14(9-13)21(25)26/h2-4,9,11H,5-8,10H2,1H3,(H,22,23). The second kappa shape index (κ2) is 7.48. The zero-order valence-electron chi connectivity index (χ0n) is 14.8. The van der Waals surface area contributed by atoms with Crippen LogP contribution in [0, 0.1) is 17.0 Å². The molecule has 1 aromatic carbocycles. The quantitative estimate of drug-likeness (QED) is 0.630. The molecule has 3 rings (SSSR count). The van der Waals surface area contributed by atoms with Gasteiger partial charge >= 0.3 is 5.97 Å². The number of anilines is 1. The third kappa shape index (κ3) is 3.91. The molecule has 2 heterocycles. The van der Waals surface area contributed by atoms with E-state index in [1.165, 1.54) is 18.4 Å². The maximum atomic E-state index is 12.8. The molecular formula is C18H19N3O6. The maximum absolute atomic E-state index is 12.8. The maximum Gasteiger partial charge on any atom is 0.311 e. The Morgan fingerprint density at radius 3 is 2.59 bits per heavy atom. The van der Waals surface area contributed by atoms with Crippen molar-refractivity contribution in [1.82, 2.24) is 4.90 Å². The van der Waals surface area contributed by atoms with Crippen molar-refractivity contribution in [2.45, 2.75) is 13.3 Å². The predicted molar refractivity (Wildman–Crippen MR) is 96.0 cm³/mol. The van der Waals surface area contributed by atoms with E-state index in [4.69, 9.17) is 9.52 Å². The summed E-state index contributed by atoms with van der Waals surface area (Å²) in [6.07, 6.45) is 1.05. The predicted octanol–water partition coefficient (Wildman–Crippen LogP) is 2.09. The van der Waals surface area contributed by atoms with Gasteiger partial charge in [-0.15, -0.1) is 0 Å². The Morgan fingerprint density at radius 2 is 1.96 bits per heavy atom. The monoisotopic (exact) mass is 373 g/mol. The largest absolute Gasteiger partial charge is 0.481 e. The van der Waals surface area contributed by atoms with Crippen molar-refractivity contribution in [3.05, 3.63) is 57.5 Å². The molecule has 1 aliphatic heterocycles. The SMILES string of the molecule is Cc1coc(CC(=O)O)c1C(=O)N1CCN(c2cccc([N+](=O)[O-])c2)CC1. The molecule has 9 heteroatoms. The van der Waals surface area contributed by atoms with E-state index < -0.39 is 10.9 Å². The fourth-order valence-electron chi connectivity index (χ4n) is 3.18. The zero-order chi connectivity index (χ0) is 19.6. The van der Waals surface area contributed by atoms with Crippen molar-refractivity contribution in [2.24, 2.45) is 0 Å². The minimum atomic E-state index is -1.06. The molecule has 1 amide bonds. The van der Waals surface area contributed by atoms with Crippen LogP contribution in [0.5, 0.6) is 0 Å². The highest BCUT2D eigenvalue weighted by atomic mass is 16.6. The van der Waals surface area contributed by atoms with Crippen LogP contribution in [0.15, 0.2) is 34.9 Å². The van der Waals surface area contributed by atoms with E-state index >= 15 is 0 Å². The number of carboxylic acid groups (broad SMARTS) is 1. The first-order valence-electron chi connectivity index (χ1n) is 8.44. The summed E-state index contributed by atoms with van der Waals surface area (Å²) in [4.78, 5) is 37.9. The van der Waals surface area contributed by atoms with Crippen molar-refractivity contribution in [3.63, 3.8) is 0 Å². The number of carboxylic acids is 1. The normalized spacial score (nSPS) is 14.3. The number of furan rings is 1. The topological polar surface area (TPSA) is 117 Å². The number of rotatable bonds is 5. The number of carbonyl (C=O) groups is 2. The lowest BCUT2D eigenvalue weighted by atomic mass is 10.1. The van der Waals surface area contributed by atoms with E-state index in [2.05, 4.69) is 0 Å². The molecule has 9 nitrogen and oxygen atoms in total. The Labute approximate surface area is 154 Å². The van der Waals surface area contributed by atoms with Crippen LogP contribution in [-0.2, 0) is 11.2 Å². The van der Waals surface area contributed by atoms with Crippen molar-refractivity contribution in [3.8, 4) is 0 Å². The Bertz CT molecular complexity index is 883. The summed E-state index contributed by atoms with van der Waals surface area (Å²) in [5, 5.41) is 19.9. The lowest BCUT2D eigenvalue weighted by Crippen LogP contribution is -2.49. The number of carbonyl (C=O) groups excluding carboxylic acids is 1. The van der Waals surface area contributed by atoms with Gasteiger partial charge in [0, 0.05) is 49.6 Å². The summed E-state index contributed by atoms with van der Waals surface area (Å²) in [5.74, 6) is -1.16. The van der Waals surface area contributed by atoms with E-state index in [1.807, 2.05) is 4.90 Å². The number of aliphatic carboxylic acids is 1. The van der Waals surface area contributed by atoms with Gasteiger partial charge in [-0.25, -0.2) is 0 Å². The molecule has 1 aromatic heterocycles. The average Bonchev–Trinajstić information content (AvgIpc) is 3.01. The molecule has 0 radical (unpaired) electrons. The summed E-state index contributed by atoms with van der Waals surface area (Å²) in [7, 11) is 0. The van der Waals surface area contributed by atoms with Gasteiger partial charge in [-0.3, -0.25) is 19.7 Å². The second-order valence-electron chi connectivity index (χ2n) is 6.34. The zero-order valence-corrected chi connectivity index (χ0v) is 14.8. The van der Waals surface area contributed by atoms with Crippen LogP contribution in [0.4, 0.5) is 11.4 Å². The van der Waals surface area contributed by atoms with Crippen LogP contribution in [0.2, 0.25) is 0 Å². The van der Waals surface area contributed by atoms with Crippen LogP contribution < -0.4 is 4.90 Å². The summed E-state index contributed by atoms with van der Waals surface area (Å²) in [5.41, 5.74) is 1.68. The fourth-order valence-corrected chi connectivity index (χ4v) is 3.18. The molecule has 1 aliphatic rings. The Kier molecular flexibility index (Phi) is 5.11. The van der Waals surface area contributed by atoms with Gasteiger partial charge in [0.1, 0.15) is 12.2 Å². The van der Waals surface area contributed by atoms with Crippen LogP contribution in [-0.4, -0.2) is 53.0 Å². The molecule has 1 fully saturated rings. The van der Waals surface area contributed by atoms with Crippen molar-refractivity contribution < 1.29 is 24.0 Å². The summed E-state index contributed by atoms with van der Waals surface area (Å²) in [6.45, 7) is 3.62. The van der Waals surface area contributed by atoms with Gasteiger partial charge in [0.15, 0.2) is 0 Å². The number of aryl methyl sites for hydroxylation is 1. The van der Waals surface area contributed by atoms with E-state index in [0.717, 1.165) is 5.69 Å². The number of nitro groups is 1. The van der Waals surface area contributed by atoms with Gasteiger partial charge in [0.25, 0.3) is 11.6 Å². The minimum Gasteiger partial charge on any atom is -0.481 e. The summed E-state index contributed by atoms with van der Waals surface area (Å²) < 4.78 is 5.24. The Morgan fingerprint density at radius 1 is 1.26 bits per heavy atom. The second-order valence-corrected chi connectivity index (χ2v) is 6.34. The lowest BCUT2D eigenvalue weighted by Gasteiger charge is -2.36. The molecule has 1 saturated heterocycles. The Balaban J connectivity index is 1.70. The summed E-state index contributed by atoms with van der Waals surface area (Å²) >= 11 is 0. The fraction of sp³-hybridized carbons (Fsp3) is 0.333. The van der Waals surface area contributed by atoms with E-state index in [9.17, 15) is 19.7 Å². The number of hydrogen-bond donors (Lipinski definition) is 1. The molecule has 142 valence electrons. The Hall–Kier alpha value is -3.36. The van der Waals surface area contributed by atoms with Crippen molar-refractivity contribution >= 4 is 23.3 Å². The number of amides is 1. The van der Waals surface area contributed by atoms with Crippen LogP contribution in [0.3, 0.4) is 0 Å². The number of non-ortho nitro benzene ring substituents is 1. The third-order valence-electron chi connectivity index (χ3n) is 4.55. The number of nitrogens with zero attached hydrogens (tertiary/aromatic N) is 3. The van der Waals surface area contributed by atoms with Gasteiger partial charge in [-0.1, -0.05) is 6.07 Å². The highest BCUT2D eigenvalue weighted by Crippen LogP contribution is 2.24. The summed E-state index contributed by atoms with van der Waals surface area (Å²) in [6, 6.07) is 6.39. The van der Waals surface area contributed by atoms with E-state index in [0.29, 0.717) is 37.3 Å². The smallest absolute Gasteiger partial charge is 0.311 e. The number of hydrogen-bond acceptors (Lipinski definition) is 6. The minimum absolute atomic E-state index is 0.0262. The first kappa shape index (κ1) is 18.4. The molecule has 0 bridgehead atoms. The van der Waals surface area contributed by atoms with Gasteiger partial charge < -0.3 is 19.3 Å². The number of piperazine rings is 1. The third-order valence-corrected chi connectivity index (χ3v) is 4.55. The van der Waals surface area contributed by atoms with Gasteiger partial charge in [0.2, 0.25) is 0 Å².